The minimum absolute atomic E-state index is 0.136. The van der Waals surface area contributed by atoms with Crippen molar-refractivity contribution in [2.45, 2.75) is 19.5 Å². The first-order valence-corrected chi connectivity index (χ1v) is 12.2. The minimum Gasteiger partial charge on any atom is -0.460 e. The molecule has 1 unspecified atom stereocenters. The van der Waals surface area contributed by atoms with Gasteiger partial charge in [0.1, 0.15) is 24.0 Å². The molecule has 0 saturated heterocycles. The number of sulfonamides is 1. The molecule has 0 fully saturated rings. The molecular weight excluding hydrogens is 459 g/mol. The molecule has 0 saturated carbocycles. The predicted molar refractivity (Wildman–Crippen MR) is 114 cm³/mol. The number of benzene rings is 1. The van der Waals surface area contributed by atoms with Crippen molar-refractivity contribution in [1.29, 1.82) is 0 Å². The average molecular weight is 477 g/mol. The molecular formula is C21H17FN2O6S2. The van der Waals surface area contributed by atoms with E-state index in [4.69, 9.17) is 14.2 Å². The summed E-state index contributed by atoms with van der Waals surface area (Å²) in [6, 6.07) is 4.49. The molecule has 1 aromatic carbocycles. The number of rotatable bonds is 4. The number of fused-ring (bicyclic) bond motifs is 2. The number of amidine groups is 1. The molecule has 0 bridgehead atoms. The van der Waals surface area contributed by atoms with E-state index in [1.54, 1.807) is 4.90 Å². The third-order valence-corrected chi connectivity index (χ3v) is 6.92. The van der Waals surface area contributed by atoms with Crippen molar-refractivity contribution >= 4 is 33.2 Å². The van der Waals surface area contributed by atoms with Crippen molar-refractivity contribution in [2.24, 2.45) is 4.40 Å². The number of carbonyl (C=O) groups excluding carboxylic acids is 1. The zero-order chi connectivity index (χ0) is 22.3. The molecule has 3 aliphatic rings. The van der Waals surface area contributed by atoms with E-state index in [0.29, 0.717) is 16.9 Å². The highest BCUT2D eigenvalue weighted by Gasteiger charge is 2.28. The van der Waals surface area contributed by atoms with Crippen LogP contribution in [0.25, 0.3) is 0 Å². The predicted octanol–water partition coefficient (Wildman–Crippen LogP) is 3.04. The molecule has 0 amide bonds. The second kappa shape index (κ2) is 8.15. The number of hydrogen-bond donors (Lipinski definition) is 0. The Morgan fingerprint density at radius 3 is 3.03 bits per heavy atom. The van der Waals surface area contributed by atoms with Crippen molar-refractivity contribution < 1.29 is 31.8 Å². The molecule has 32 heavy (non-hydrogen) atoms. The molecule has 5 rings (SSSR count). The second-order valence-corrected chi connectivity index (χ2v) is 9.83. The van der Waals surface area contributed by atoms with Gasteiger partial charge in [-0.25, -0.2) is 17.6 Å². The Labute approximate surface area is 187 Å². The highest BCUT2D eigenvalue weighted by atomic mass is 32.2. The van der Waals surface area contributed by atoms with Crippen molar-refractivity contribution in [2.75, 3.05) is 12.3 Å². The van der Waals surface area contributed by atoms with E-state index in [2.05, 4.69) is 4.40 Å². The average Bonchev–Trinajstić information content (AvgIpc) is 3.31. The number of carbonyl (C=O) groups is 1. The zero-order valence-electron chi connectivity index (χ0n) is 16.6. The largest absolute Gasteiger partial charge is 0.460 e. The fourth-order valence-corrected chi connectivity index (χ4v) is 5.14. The van der Waals surface area contributed by atoms with E-state index in [1.165, 1.54) is 41.8 Å². The number of thiophene rings is 1. The van der Waals surface area contributed by atoms with Crippen LogP contribution in [0.4, 0.5) is 4.39 Å². The molecule has 2 aromatic rings. The van der Waals surface area contributed by atoms with Crippen LogP contribution in [0.1, 0.15) is 23.0 Å². The first-order valence-electron chi connectivity index (χ1n) is 9.66. The first kappa shape index (κ1) is 20.9. The van der Waals surface area contributed by atoms with Crippen LogP contribution in [-0.2, 0) is 37.5 Å². The van der Waals surface area contributed by atoms with Gasteiger partial charge in [-0.3, -0.25) is 0 Å². The number of hydrogen-bond acceptors (Lipinski definition) is 8. The third kappa shape index (κ3) is 4.18. The lowest BCUT2D eigenvalue weighted by molar-refractivity contribution is -0.140. The highest BCUT2D eigenvalue weighted by molar-refractivity contribution is 7.90. The van der Waals surface area contributed by atoms with Crippen molar-refractivity contribution in [1.82, 2.24) is 4.90 Å². The highest BCUT2D eigenvalue weighted by Crippen LogP contribution is 2.37. The third-order valence-electron chi connectivity index (χ3n) is 5.06. The molecule has 0 radical (unpaired) electrons. The SMILES string of the molecule is O=C(OCc1cc(F)cc2c1OC(c1ccsc1)OC2)C1=CN2CCS(=O)(=O)N=C2C=C1. The van der Waals surface area contributed by atoms with Crippen LogP contribution in [0.15, 0.2) is 57.3 Å². The van der Waals surface area contributed by atoms with Crippen LogP contribution < -0.4 is 4.74 Å². The van der Waals surface area contributed by atoms with Crippen LogP contribution >= 0.6 is 11.3 Å². The summed E-state index contributed by atoms with van der Waals surface area (Å²) in [5, 5.41) is 3.81. The molecule has 0 N–H and O–H groups in total. The van der Waals surface area contributed by atoms with E-state index in [-0.39, 0.29) is 36.9 Å². The van der Waals surface area contributed by atoms with Crippen molar-refractivity contribution in [3.63, 3.8) is 0 Å². The number of esters is 1. The standard InChI is InChI=1S/C21H17FN2O6S2/c22-17-7-15(19-16(8-17)11-29-21(30-19)14-3-5-31-12-14)10-28-20(25)13-1-2-18-23-32(26,27)6-4-24(18)9-13/h1-3,5,7-9,12,21H,4,6,10-11H2. The van der Waals surface area contributed by atoms with Gasteiger partial charge in [0, 0.05) is 34.8 Å². The van der Waals surface area contributed by atoms with E-state index in [0.717, 1.165) is 5.56 Å². The Morgan fingerprint density at radius 2 is 2.22 bits per heavy atom. The lowest BCUT2D eigenvalue weighted by Crippen LogP contribution is -2.37. The van der Waals surface area contributed by atoms with Crippen LogP contribution in [0.5, 0.6) is 5.75 Å². The molecule has 1 aromatic heterocycles. The summed E-state index contributed by atoms with van der Waals surface area (Å²) < 4.78 is 58.0. The summed E-state index contributed by atoms with van der Waals surface area (Å²) in [4.78, 5) is 14.2. The van der Waals surface area contributed by atoms with Gasteiger partial charge in [-0.15, -0.1) is 4.40 Å². The second-order valence-electron chi connectivity index (χ2n) is 7.29. The molecule has 1 atom stereocenters. The summed E-state index contributed by atoms with van der Waals surface area (Å²) in [6.07, 6.45) is 3.76. The van der Waals surface area contributed by atoms with Gasteiger partial charge in [-0.2, -0.15) is 11.3 Å². The summed E-state index contributed by atoms with van der Waals surface area (Å²) in [5.41, 5.74) is 2.01. The Balaban J connectivity index is 1.32. The van der Waals surface area contributed by atoms with Gasteiger partial charge in [0.15, 0.2) is 0 Å². The van der Waals surface area contributed by atoms with Gasteiger partial charge in [-0.05, 0) is 35.7 Å². The van der Waals surface area contributed by atoms with Crippen molar-refractivity contribution in [3.05, 3.63) is 75.4 Å². The monoisotopic (exact) mass is 476 g/mol. The molecule has 11 heteroatoms. The number of halogens is 1. The molecule has 0 aliphatic carbocycles. The van der Waals surface area contributed by atoms with E-state index < -0.39 is 28.1 Å². The van der Waals surface area contributed by atoms with Crippen LogP contribution in [0.3, 0.4) is 0 Å². The summed E-state index contributed by atoms with van der Waals surface area (Å²) in [5.74, 6) is -0.565. The topological polar surface area (TPSA) is 94.5 Å². The maximum atomic E-state index is 14.1. The molecule has 4 heterocycles. The molecule has 3 aliphatic heterocycles. The van der Waals surface area contributed by atoms with E-state index in [9.17, 15) is 17.6 Å². The minimum atomic E-state index is -3.48. The quantitative estimate of drug-likeness (QED) is 0.626. The van der Waals surface area contributed by atoms with E-state index in [1.807, 2.05) is 16.8 Å². The number of ether oxygens (including phenoxy) is 3. The van der Waals surface area contributed by atoms with Gasteiger partial charge in [0.2, 0.25) is 6.29 Å². The fourth-order valence-electron chi connectivity index (χ4n) is 3.51. The lowest BCUT2D eigenvalue weighted by atomic mass is 10.1. The van der Waals surface area contributed by atoms with Crippen LogP contribution in [-0.4, -0.2) is 37.4 Å². The van der Waals surface area contributed by atoms with Crippen LogP contribution in [0.2, 0.25) is 0 Å². The Kier molecular flexibility index (Phi) is 5.31. The smallest absolute Gasteiger partial charge is 0.339 e. The fraction of sp³-hybridized carbons (Fsp3) is 0.238. The van der Waals surface area contributed by atoms with Gasteiger partial charge in [-0.1, -0.05) is 0 Å². The first-order chi connectivity index (χ1) is 15.4. The lowest BCUT2D eigenvalue weighted by Gasteiger charge is -2.28. The van der Waals surface area contributed by atoms with Crippen LogP contribution in [0, 0.1) is 5.82 Å². The normalized spacial score (nSPS) is 21.0. The van der Waals surface area contributed by atoms with Crippen molar-refractivity contribution in [3.8, 4) is 5.75 Å². The van der Waals surface area contributed by atoms with Gasteiger partial charge >= 0.3 is 5.97 Å². The number of nitrogens with zero attached hydrogens (tertiary/aromatic N) is 2. The summed E-state index contributed by atoms with van der Waals surface area (Å²) in [7, 11) is -3.48. The van der Waals surface area contributed by atoms with Gasteiger partial charge < -0.3 is 19.1 Å². The van der Waals surface area contributed by atoms with Gasteiger partial charge in [0.05, 0.1) is 17.9 Å². The molecule has 8 nitrogen and oxygen atoms in total. The Hall–Kier alpha value is -3.02. The summed E-state index contributed by atoms with van der Waals surface area (Å²) >= 11 is 1.51. The maximum absolute atomic E-state index is 14.1. The summed E-state index contributed by atoms with van der Waals surface area (Å²) in [6.45, 7) is 0.162. The zero-order valence-corrected chi connectivity index (χ0v) is 18.2. The molecule has 0 spiro atoms. The maximum Gasteiger partial charge on any atom is 0.339 e. The van der Waals surface area contributed by atoms with Gasteiger partial charge in [0.25, 0.3) is 10.0 Å². The van der Waals surface area contributed by atoms with E-state index >= 15 is 0 Å². The Morgan fingerprint density at radius 1 is 1.34 bits per heavy atom. The molecule has 166 valence electrons. The Bertz CT molecular complexity index is 1270.